The lowest BCUT2D eigenvalue weighted by Crippen LogP contribution is -2.33. The minimum Gasteiger partial charge on any atom is -0.379 e. The Kier molecular flexibility index (Phi) is 3.05. The van der Waals surface area contributed by atoms with E-state index < -0.39 is 23.7 Å². The maximum Gasteiger partial charge on any atom is 0.347 e. The highest BCUT2D eigenvalue weighted by Gasteiger charge is 2.56. The van der Waals surface area contributed by atoms with Gasteiger partial charge in [0, 0.05) is 18.7 Å². The van der Waals surface area contributed by atoms with Gasteiger partial charge in [0.05, 0.1) is 30.2 Å². The van der Waals surface area contributed by atoms with Gasteiger partial charge in [0.25, 0.3) is 0 Å². The number of ether oxygens (including phenoxy) is 1. The fourth-order valence-electron chi connectivity index (χ4n) is 2.95. The van der Waals surface area contributed by atoms with Crippen molar-refractivity contribution in [2.24, 2.45) is 5.92 Å². The van der Waals surface area contributed by atoms with Crippen LogP contribution < -0.4 is 10.6 Å². The van der Waals surface area contributed by atoms with Gasteiger partial charge < -0.3 is 14.6 Å². The molecule has 116 valence electrons. The number of fused-ring (bicyclic) bond motifs is 2. The zero-order chi connectivity index (χ0) is 15.4. The number of rotatable bonds is 1. The first-order valence-electron chi connectivity index (χ1n) is 6.80. The van der Waals surface area contributed by atoms with Crippen molar-refractivity contribution in [1.82, 2.24) is 15.0 Å². The van der Waals surface area contributed by atoms with Crippen molar-refractivity contribution in [1.29, 1.82) is 0 Å². The summed E-state index contributed by atoms with van der Waals surface area (Å²) in [5, 5.41) is -0.0478. The van der Waals surface area contributed by atoms with Crippen LogP contribution in [0.1, 0.15) is 0 Å². The van der Waals surface area contributed by atoms with Crippen molar-refractivity contribution >= 4 is 28.3 Å². The molecule has 22 heavy (non-hydrogen) atoms. The molecule has 2 aromatic rings. The van der Waals surface area contributed by atoms with Crippen LogP contribution >= 0.6 is 11.6 Å². The first-order valence-corrected chi connectivity index (χ1v) is 7.18. The number of alkyl halides is 1. The summed E-state index contributed by atoms with van der Waals surface area (Å²) in [5.74, 6) is -0.860. The van der Waals surface area contributed by atoms with E-state index in [1.807, 2.05) is 0 Å². The molecular weight excluding hydrogens is 318 g/mol. The fourth-order valence-corrected chi connectivity index (χ4v) is 3.10. The number of aromatic amines is 1. The largest absolute Gasteiger partial charge is 0.379 e. The average Bonchev–Trinajstić information content (AvgIpc) is 3.18. The van der Waals surface area contributed by atoms with Gasteiger partial charge in [0.2, 0.25) is 0 Å². The van der Waals surface area contributed by atoms with Crippen molar-refractivity contribution < 1.29 is 13.5 Å². The molecule has 2 aliphatic rings. The Hall–Kier alpha value is -1.80. The normalized spacial score (nSPS) is 27.6. The highest BCUT2D eigenvalue weighted by atomic mass is 35.5. The third-order valence-corrected chi connectivity index (χ3v) is 4.37. The van der Waals surface area contributed by atoms with E-state index in [1.165, 1.54) is 6.20 Å². The topological polar surface area (TPSA) is 71.1 Å². The highest BCUT2D eigenvalue weighted by Crippen LogP contribution is 2.43. The first-order chi connectivity index (χ1) is 10.6. The Morgan fingerprint density at radius 1 is 1.50 bits per heavy atom. The van der Waals surface area contributed by atoms with Gasteiger partial charge in [-0.1, -0.05) is 11.6 Å². The number of H-pyrrole nitrogens is 1. The second-order valence-electron chi connectivity index (χ2n) is 5.38. The molecule has 0 radical (unpaired) electrons. The lowest BCUT2D eigenvalue weighted by atomic mass is 10.2. The molecule has 1 aliphatic carbocycles. The minimum atomic E-state index is -1.04. The predicted molar refractivity (Wildman–Crippen MR) is 75.5 cm³/mol. The van der Waals surface area contributed by atoms with Crippen LogP contribution in [0.15, 0.2) is 11.0 Å². The van der Waals surface area contributed by atoms with Crippen LogP contribution in [0.25, 0.3) is 10.9 Å². The van der Waals surface area contributed by atoms with Crippen LogP contribution in [0.2, 0.25) is 5.15 Å². The highest BCUT2D eigenvalue weighted by molar-refractivity contribution is 6.30. The van der Waals surface area contributed by atoms with E-state index in [1.54, 1.807) is 4.90 Å². The molecule has 3 heterocycles. The standard InChI is InChI=1S/C13H11ClF2N4O2/c14-11-8(16)9-5(3-17-11)12(19-13(21)18-9)20-1-2-22-4-6-7(15)10(6)20/h3,6-7,10H,1-2,4H2,(H,18,19,21)/t6-,7+,10?/m1/s1. The number of hydrogen-bond donors (Lipinski definition) is 1. The molecule has 1 saturated heterocycles. The van der Waals surface area contributed by atoms with E-state index in [2.05, 4.69) is 15.0 Å². The van der Waals surface area contributed by atoms with E-state index in [4.69, 9.17) is 16.3 Å². The summed E-state index contributed by atoms with van der Waals surface area (Å²) in [4.78, 5) is 23.4. The van der Waals surface area contributed by atoms with Crippen LogP contribution in [-0.4, -0.2) is 46.9 Å². The second kappa shape index (κ2) is 4.85. The fraction of sp³-hybridized carbons (Fsp3) is 0.462. The number of pyridine rings is 1. The summed E-state index contributed by atoms with van der Waals surface area (Å²) >= 11 is 5.64. The maximum absolute atomic E-state index is 14.1. The molecule has 2 fully saturated rings. The summed E-state index contributed by atoms with van der Waals surface area (Å²) in [6.45, 7) is 1.10. The van der Waals surface area contributed by atoms with Crippen molar-refractivity contribution in [3.8, 4) is 0 Å². The molecule has 0 spiro atoms. The Balaban J connectivity index is 1.91. The molecule has 0 aromatic carbocycles. The van der Waals surface area contributed by atoms with Crippen LogP contribution in [0.3, 0.4) is 0 Å². The van der Waals surface area contributed by atoms with Crippen molar-refractivity contribution in [3.63, 3.8) is 0 Å². The minimum absolute atomic E-state index is 0.0761. The summed E-state index contributed by atoms with van der Waals surface area (Å²) < 4.78 is 33.3. The van der Waals surface area contributed by atoms with Crippen molar-refractivity contribution in [2.45, 2.75) is 12.2 Å². The number of hydrogen-bond acceptors (Lipinski definition) is 5. The zero-order valence-electron chi connectivity index (χ0n) is 11.2. The van der Waals surface area contributed by atoms with Crippen LogP contribution in [0, 0.1) is 11.7 Å². The SMILES string of the molecule is O=c1nc(N2CCOC[C@H]3C2[C@H]3F)c2cnc(Cl)c(F)c2[nH]1. The Morgan fingerprint density at radius 2 is 2.32 bits per heavy atom. The van der Waals surface area contributed by atoms with E-state index in [0.29, 0.717) is 25.1 Å². The molecule has 3 atom stereocenters. The summed E-state index contributed by atoms with van der Waals surface area (Å²) in [6, 6.07) is -0.404. The lowest BCUT2D eigenvalue weighted by molar-refractivity contribution is 0.131. The molecule has 1 unspecified atom stereocenters. The van der Waals surface area contributed by atoms with Crippen LogP contribution in [0.4, 0.5) is 14.6 Å². The molecule has 0 amide bonds. The molecule has 2 aromatic heterocycles. The quantitative estimate of drug-likeness (QED) is 0.799. The van der Waals surface area contributed by atoms with Gasteiger partial charge >= 0.3 is 5.69 Å². The number of halogens is 3. The first kappa shape index (κ1) is 13.8. The van der Waals surface area contributed by atoms with E-state index >= 15 is 0 Å². The molecule has 4 rings (SSSR count). The smallest absolute Gasteiger partial charge is 0.347 e. The van der Waals surface area contributed by atoms with Gasteiger partial charge in [0.15, 0.2) is 11.0 Å². The van der Waals surface area contributed by atoms with Gasteiger partial charge in [-0.3, -0.25) is 0 Å². The van der Waals surface area contributed by atoms with E-state index in [-0.39, 0.29) is 22.4 Å². The summed E-state index contributed by atoms with van der Waals surface area (Å²) in [6.07, 6.45) is 0.289. The van der Waals surface area contributed by atoms with Gasteiger partial charge in [-0.2, -0.15) is 4.98 Å². The zero-order valence-corrected chi connectivity index (χ0v) is 12.0. The predicted octanol–water partition coefficient (Wildman–Crippen LogP) is 1.28. The molecule has 1 aliphatic heterocycles. The molecule has 1 N–H and O–H groups in total. The lowest BCUT2D eigenvalue weighted by Gasteiger charge is -2.23. The van der Waals surface area contributed by atoms with Crippen molar-refractivity contribution in [3.05, 3.63) is 27.7 Å². The second-order valence-corrected chi connectivity index (χ2v) is 5.74. The summed E-state index contributed by atoms with van der Waals surface area (Å²) in [7, 11) is 0. The molecule has 9 heteroatoms. The third kappa shape index (κ3) is 1.98. The van der Waals surface area contributed by atoms with E-state index in [0.717, 1.165) is 0 Å². The Labute approximate surface area is 128 Å². The number of anilines is 1. The molecule has 0 bridgehead atoms. The van der Waals surface area contributed by atoms with E-state index in [9.17, 15) is 13.6 Å². The maximum atomic E-state index is 14.1. The third-order valence-electron chi connectivity index (χ3n) is 4.11. The summed E-state index contributed by atoms with van der Waals surface area (Å²) in [5.41, 5.74) is -0.797. The van der Waals surface area contributed by atoms with Gasteiger partial charge in [-0.25, -0.2) is 18.6 Å². The van der Waals surface area contributed by atoms with Gasteiger partial charge in [-0.05, 0) is 0 Å². The monoisotopic (exact) mass is 328 g/mol. The Bertz CT molecular complexity index is 814. The van der Waals surface area contributed by atoms with Gasteiger partial charge in [0.1, 0.15) is 12.0 Å². The number of nitrogens with zero attached hydrogens (tertiary/aromatic N) is 3. The Morgan fingerprint density at radius 3 is 3.14 bits per heavy atom. The molecule has 6 nitrogen and oxygen atoms in total. The van der Waals surface area contributed by atoms with Crippen LogP contribution in [-0.2, 0) is 4.74 Å². The number of nitrogens with one attached hydrogen (secondary N) is 1. The molecular formula is C13H11ClF2N4O2. The van der Waals surface area contributed by atoms with Gasteiger partial charge in [-0.15, -0.1) is 0 Å². The average molecular weight is 329 g/mol. The number of aromatic nitrogens is 3. The van der Waals surface area contributed by atoms with Crippen LogP contribution in [0.5, 0.6) is 0 Å². The molecule has 1 saturated carbocycles. The van der Waals surface area contributed by atoms with Crippen molar-refractivity contribution in [2.75, 3.05) is 24.7 Å².